The monoisotopic (exact) mass is 344 g/mol. The molecule has 26 heavy (non-hydrogen) atoms. The molecule has 4 heteroatoms. The highest BCUT2D eigenvalue weighted by atomic mass is 16.5. The minimum absolute atomic E-state index is 0.0291. The fraction of sp³-hybridized carbons (Fsp3) is 0.136. The molecule has 1 saturated heterocycles. The molecule has 0 spiro atoms. The number of carbonyl (C=O) groups is 1. The molecule has 0 aliphatic carbocycles. The van der Waals surface area contributed by atoms with Crippen molar-refractivity contribution in [1.82, 2.24) is 5.43 Å². The van der Waals surface area contributed by atoms with Crippen LogP contribution in [0.3, 0.4) is 0 Å². The Morgan fingerprint density at radius 3 is 1.81 bits per heavy atom. The lowest BCUT2D eigenvalue weighted by molar-refractivity contribution is -0.139. The Morgan fingerprint density at radius 1 is 0.769 bits per heavy atom. The average molecular weight is 344 g/mol. The summed E-state index contributed by atoms with van der Waals surface area (Å²) >= 11 is 0. The van der Waals surface area contributed by atoms with E-state index in [2.05, 4.69) is 5.43 Å². The molecule has 1 fully saturated rings. The predicted octanol–water partition coefficient (Wildman–Crippen LogP) is 4.04. The molecule has 4 nitrogen and oxygen atoms in total. The van der Waals surface area contributed by atoms with E-state index in [0.29, 0.717) is 6.61 Å². The van der Waals surface area contributed by atoms with Crippen LogP contribution < -0.4 is 10.4 Å². The number of anilines is 2. The Morgan fingerprint density at radius 2 is 1.27 bits per heavy atom. The maximum Gasteiger partial charge on any atom is 0.325 e. The van der Waals surface area contributed by atoms with E-state index in [0.717, 1.165) is 16.9 Å². The third-order valence-corrected chi connectivity index (χ3v) is 4.59. The average Bonchev–Trinajstić information content (AvgIpc) is 3.08. The van der Waals surface area contributed by atoms with E-state index >= 15 is 0 Å². The Labute approximate surface area is 153 Å². The van der Waals surface area contributed by atoms with E-state index in [4.69, 9.17) is 4.74 Å². The van der Waals surface area contributed by atoms with Crippen LogP contribution in [0.5, 0.6) is 0 Å². The van der Waals surface area contributed by atoms with Gasteiger partial charge in [-0.3, -0.25) is 9.80 Å². The van der Waals surface area contributed by atoms with Crippen LogP contribution in [-0.2, 0) is 9.53 Å². The van der Waals surface area contributed by atoms with Gasteiger partial charge in [-0.05, 0) is 29.8 Å². The highest BCUT2D eigenvalue weighted by Gasteiger charge is 2.39. The zero-order chi connectivity index (χ0) is 17.8. The van der Waals surface area contributed by atoms with Gasteiger partial charge < -0.3 is 4.74 Å². The zero-order valence-electron chi connectivity index (χ0n) is 14.3. The quantitative estimate of drug-likeness (QED) is 0.560. The van der Waals surface area contributed by atoms with Crippen molar-refractivity contribution in [2.75, 3.05) is 11.6 Å². The Bertz CT molecular complexity index is 814. The summed E-state index contributed by atoms with van der Waals surface area (Å²) in [6.07, 6.45) is 0. The van der Waals surface area contributed by atoms with Crippen LogP contribution in [0, 0.1) is 0 Å². The van der Waals surface area contributed by atoms with E-state index in [1.807, 2.05) is 96.0 Å². The van der Waals surface area contributed by atoms with Gasteiger partial charge in [0.2, 0.25) is 0 Å². The third-order valence-electron chi connectivity index (χ3n) is 4.59. The van der Waals surface area contributed by atoms with Crippen LogP contribution in [0.25, 0.3) is 0 Å². The summed E-state index contributed by atoms with van der Waals surface area (Å²) in [5.74, 6) is -0.255. The van der Waals surface area contributed by atoms with Crippen LogP contribution in [0.4, 0.5) is 11.4 Å². The van der Waals surface area contributed by atoms with Gasteiger partial charge in [-0.1, -0.05) is 66.7 Å². The van der Waals surface area contributed by atoms with Gasteiger partial charge in [-0.2, -0.15) is 0 Å². The molecular formula is C22H20N2O2. The summed E-state index contributed by atoms with van der Waals surface area (Å²) in [7, 11) is 0. The van der Waals surface area contributed by atoms with Gasteiger partial charge in [0.1, 0.15) is 12.6 Å². The molecule has 1 aliphatic rings. The SMILES string of the molecule is O=C1OC[C@@H](c2ccccc2)[C@@H]1NN(c1ccccc1)c1ccccc1. The number of cyclic esters (lactones) is 1. The summed E-state index contributed by atoms with van der Waals surface area (Å²) in [6, 6.07) is 29.5. The van der Waals surface area contributed by atoms with Gasteiger partial charge in [0.05, 0.1) is 11.4 Å². The Hall–Kier alpha value is -3.11. The van der Waals surface area contributed by atoms with Crippen LogP contribution >= 0.6 is 0 Å². The summed E-state index contributed by atoms with van der Waals surface area (Å²) in [5, 5.41) is 1.95. The number of hydrazine groups is 1. The van der Waals surface area contributed by atoms with E-state index in [9.17, 15) is 4.79 Å². The number of rotatable bonds is 5. The number of hydrogen-bond donors (Lipinski definition) is 1. The van der Waals surface area contributed by atoms with Crippen LogP contribution in [0.15, 0.2) is 91.0 Å². The summed E-state index contributed by atoms with van der Waals surface area (Å²) in [5.41, 5.74) is 6.43. The van der Waals surface area contributed by atoms with Crippen LogP contribution in [-0.4, -0.2) is 18.6 Å². The molecular weight excluding hydrogens is 324 g/mol. The van der Waals surface area contributed by atoms with E-state index in [-0.39, 0.29) is 11.9 Å². The van der Waals surface area contributed by atoms with Crippen molar-refractivity contribution in [1.29, 1.82) is 0 Å². The molecule has 0 radical (unpaired) electrons. The molecule has 0 amide bonds. The van der Waals surface area contributed by atoms with Crippen molar-refractivity contribution in [3.8, 4) is 0 Å². The van der Waals surface area contributed by atoms with Crippen molar-refractivity contribution >= 4 is 17.3 Å². The van der Waals surface area contributed by atoms with E-state index in [1.54, 1.807) is 0 Å². The minimum Gasteiger partial charge on any atom is -0.464 e. The summed E-state index contributed by atoms with van der Waals surface area (Å²) in [6.45, 7) is 0.387. The lowest BCUT2D eigenvalue weighted by Gasteiger charge is -2.29. The molecule has 1 N–H and O–H groups in total. The number of nitrogens with one attached hydrogen (secondary N) is 1. The first-order chi connectivity index (χ1) is 12.8. The second-order valence-corrected chi connectivity index (χ2v) is 6.26. The van der Waals surface area contributed by atoms with Crippen molar-refractivity contribution in [2.24, 2.45) is 0 Å². The highest BCUT2D eigenvalue weighted by Crippen LogP contribution is 2.30. The number of para-hydroxylation sites is 2. The Kier molecular flexibility index (Phi) is 4.67. The molecule has 2 atom stereocenters. The first kappa shape index (κ1) is 16.4. The van der Waals surface area contributed by atoms with Crippen molar-refractivity contribution < 1.29 is 9.53 Å². The Balaban J connectivity index is 1.67. The van der Waals surface area contributed by atoms with Crippen LogP contribution in [0.2, 0.25) is 0 Å². The fourth-order valence-electron chi connectivity index (χ4n) is 3.25. The van der Waals surface area contributed by atoms with Crippen molar-refractivity contribution in [2.45, 2.75) is 12.0 Å². The second-order valence-electron chi connectivity index (χ2n) is 6.26. The smallest absolute Gasteiger partial charge is 0.325 e. The molecule has 3 aromatic carbocycles. The molecule has 3 aromatic rings. The molecule has 0 unspecified atom stereocenters. The normalized spacial score (nSPS) is 19.2. The number of nitrogens with zero attached hydrogens (tertiary/aromatic N) is 1. The topological polar surface area (TPSA) is 41.6 Å². The molecule has 0 saturated carbocycles. The second kappa shape index (κ2) is 7.42. The molecule has 1 aliphatic heterocycles. The summed E-state index contributed by atoms with van der Waals surface area (Å²) < 4.78 is 5.38. The lowest BCUT2D eigenvalue weighted by atomic mass is 9.94. The van der Waals surface area contributed by atoms with Crippen molar-refractivity contribution in [3.05, 3.63) is 96.6 Å². The van der Waals surface area contributed by atoms with Gasteiger partial charge in [-0.15, -0.1) is 0 Å². The minimum atomic E-state index is -0.446. The third kappa shape index (κ3) is 3.32. The van der Waals surface area contributed by atoms with Gasteiger partial charge in [0.25, 0.3) is 0 Å². The van der Waals surface area contributed by atoms with E-state index < -0.39 is 6.04 Å². The number of esters is 1. The number of ether oxygens (including phenoxy) is 1. The van der Waals surface area contributed by atoms with Gasteiger partial charge >= 0.3 is 5.97 Å². The number of carbonyl (C=O) groups excluding carboxylic acids is 1. The fourth-order valence-corrected chi connectivity index (χ4v) is 3.25. The standard InChI is InChI=1S/C22H20N2O2/c25-22-21(20(16-26-22)17-10-4-1-5-11-17)23-24(18-12-6-2-7-13-18)19-14-8-3-9-15-19/h1-15,20-21,23H,16H2/t20-,21-/m0/s1. The number of hydrogen-bond acceptors (Lipinski definition) is 4. The molecule has 1 heterocycles. The zero-order valence-corrected chi connectivity index (χ0v) is 14.3. The maximum absolute atomic E-state index is 12.4. The van der Waals surface area contributed by atoms with Crippen molar-refractivity contribution in [3.63, 3.8) is 0 Å². The summed E-state index contributed by atoms with van der Waals surface area (Å²) in [4.78, 5) is 12.4. The maximum atomic E-state index is 12.4. The van der Waals surface area contributed by atoms with E-state index in [1.165, 1.54) is 0 Å². The molecule has 0 bridgehead atoms. The number of benzene rings is 3. The molecule has 0 aromatic heterocycles. The molecule has 4 rings (SSSR count). The first-order valence-corrected chi connectivity index (χ1v) is 8.71. The largest absolute Gasteiger partial charge is 0.464 e. The van der Waals surface area contributed by atoms with Gasteiger partial charge in [0, 0.05) is 5.92 Å². The van der Waals surface area contributed by atoms with Gasteiger partial charge in [0.15, 0.2) is 0 Å². The van der Waals surface area contributed by atoms with Crippen LogP contribution in [0.1, 0.15) is 11.5 Å². The first-order valence-electron chi connectivity index (χ1n) is 8.71. The molecule has 130 valence electrons. The highest BCUT2D eigenvalue weighted by molar-refractivity contribution is 5.80. The predicted molar refractivity (Wildman–Crippen MR) is 102 cm³/mol. The lowest BCUT2D eigenvalue weighted by Crippen LogP contribution is -2.47. The van der Waals surface area contributed by atoms with Gasteiger partial charge in [-0.25, -0.2) is 5.43 Å².